The van der Waals surface area contributed by atoms with Gasteiger partial charge >= 0.3 is 0 Å². The van der Waals surface area contributed by atoms with Gasteiger partial charge in [-0.05, 0) is 60.5 Å². The van der Waals surface area contributed by atoms with Crippen LogP contribution < -0.4 is 19.7 Å². The van der Waals surface area contributed by atoms with E-state index < -0.39 is 11.2 Å². The Balaban J connectivity index is 1.74. The molecule has 36 heavy (non-hydrogen) atoms. The number of nitrogens with zero attached hydrogens (tertiary/aromatic N) is 2. The zero-order chi connectivity index (χ0) is 25.7. The second-order valence-electron chi connectivity index (χ2n) is 7.76. The van der Waals surface area contributed by atoms with Gasteiger partial charge in [-0.2, -0.15) is 5.26 Å². The van der Waals surface area contributed by atoms with Gasteiger partial charge in [0.1, 0.15) is 28.2 Å². The number of amides is 2. The Morgan fingerprint density at radius 1 is 1.08 bits per heavy atom. The van der Waals surface area contributed by atoms with Crippen LogP contribution in [0.15, 0.2) is 83.4 Å². The van der Waals surface area contributed by atoms with E-state index in [2.05, 4.69) is 5.32 Å². The normalized spacial score (nSPS) is 16.3. The van der Waals surface area contributed by atoms with E-state index in [1.54, 1.807) is 67.8 Å². The van der Waals surface area contributed by atoms with Gasteiger partial charge in [-0.1, -0.05) is 47.6 Å². The van der Waals surface area contributed by atoms with Crippen LogP contribution in [-0.4, -0.2) is 31.3 Å². The molecular weight excluding hydrogens is 498 g/mol. The van der Waals surface area contributed by atoms with Crippen LogP contribution in [0.3, 0.4) is 0 Å². The molecule has 1 aliphatic rings. The van der Waals surface area contributed by atoms with Crippen molar-refractivity contribution in [1.29, 1.82) is 5.26 Å². The SMILES string of the molecule is COc1ccc(N2C(=O)C(Cc3cccc(Cl)c3)S/C2=C(/C#N)C(=O)Nc2ccccc2OC)cc1. The van der Waals surface area contributed by atoms with E-state index in [0.29, 0.717) is 34.3 Å². The third-order valence-corrected chi connectivity index (χ3v) is 7.00. The quantitative estimate of drug-likeness (QED) is 0.331. The molecule has 2 amide bonds. The molecule has 1 heterocycles. The number of methoxy groups -OCH3 is 2. The van der Waals surface area contributed by atoms with Crippen LogP contribution >= 0.6 is 23.4 Å². The van der Waals surface area contributed by atoms with Gasteiger partial charge in [-0.25, -0.2) is 0 Å². The van der Waals surface area contributed by atoms with Crippen LogP contribution in [0.4, 0.5) is 11.4 Å². The van der Waals surface area contributed by atoms with E-state index in [4.69, 9.17) is 21.1 Å². The molecule has 0 spiro atoms. The maximum Gasteiger partial charge on any atom is 0.269 e. The Labute approximate surface area is 218 Å². The number of benzene rings is 3. The lowest BCUT2D eigenvalue weighted by Gasteiger charge is -2.19. The fourth-order valence-corrected chi connectivity index (χ4v) is 5.29. The molecule has 4 rings (SSSR count). The number of hydrogen-bond acceptors (Lipinski definition) is 6. The molecule has 1 N–H and O–H groups in total. The molecule has 0 radical (unpaired) electrons. The van der Waals surface area contributed by atoms with E-state index in [1.165, 1.54) is 23.8 Å². The van der Waals surface area contributed by atoms with Gasteiger partial charge in [0.2, 0.25) is 5.91 Å². The topological polar surface area (TPSA) is 91.7 Å². The molecule has 9 heteroatoms. The molecule has 3 aromatic rings. The average Bonchev–Trinajstić information content (AvgIpc) is 3.20. The molecule has 1 unspecified atom stereocenters. The minimum atomic E-state index is -0.640. The van der Waals surface area contributed by atoms with Crippen molar-refractivity contribution in [2.75, 3.05) is 24.4 Å². The van der Waals surface area contributed by atoms with Crippen LogP contribution in [-0.2, 0) is 16.0 Å². The number of rotatable bonds is 7. The molecule has 1 aliphatic heterocycles. The van der Waals surface area contributed by atoms with Gasteiger partial charge in [-0.15, -0.1) is 0 Å². The van der Waals surface area contributed by atoms with Crippen LogP contribution in [0.5, 0.6) is 11.5 Å². The summed E-state index contributed by atoms with van der Waals surface area (Å²) in [5.74, 6) is 0.194. The van der Waals surface area contributed by atoms with Crippen molar-refractivity contribution < 1.29 is 19.1 Å². The summed E-state index contributed by atoms with van der Waals surface area (Å²) in [5, 5.41) is 13.0. The summed E-state index contributed by atoms with van der Waals surface area (Å²) in [6.45, 7) is 0. The van der Waals surface area contributed by atoms with Gasteiger partial charge in [0.15, 0.2) is 0 Å². The van der Waals surface area contributed by atoms with E-state index in [0.717, 1.165) is 5.56 Å². The third kappa shape index (κ3) is 5.33. The van der Waals surface area contributed by atoms with Gasteiger partial charge in [0.25, 0.3) is 5.91 Å². The number of hydrogen-bond donors (Lipinski definition) is 1. The number of halogens is 1. The number of carbonyl (C=O) groups excluding carboxylic acids is 2. The molecular formula is C27H22ClN3O4S. The monoisotopic (exact) mass is 519 g/mol. The van der Waals surface area contributed by atoms with Crippen molar-refractivity contribution in [3.63, 3.8) is 0 Å². The van der Waals surface area contributed by atoms with Crippen molar-refractivity contribution in [2.45, 2.75) is 11.7 Å². The van der Waals surface area contributed by atoms with Crippen LogP contribution in [0.2, 0.25) is 5.02 Å². The highest BCUT2D eigenvalue weighted by atomic mass is 35.5. The van der Waals surface area contributed by atoms with Crippen molar-refractivity contribution in [2.24, 2.45) is 0 Å². The molecule has 1 atom stereocenters. The van der Waals surface area contributed by atoms with Crippen molar-refractivity contribution in [3.8, 4) is 17.6 Å². The van der Waals surface area contributed by atoms with Gasteiger partial charge in [-0.3, -0.25) is 14.5 Å². The first kappa shape index (κ1) is 25.2. The average molecular weight is 520 g/mol. The molecule has 0 saturated carbocycles. The van der Waals surface area contributed by atoms with Gasteiger partial charge in [0.05, 0.1) is 25.2 Å². The van der Waals surface area contributed by atoms with E-state index in [9.17, 15) is 14.9 Å². The Morgan fingerprint density at radius 3 is 2.50 bits per heavy atom. The summed E-state index contributed by atoms with van der Waals surface area (Å²) in [6, 6.07) is 23.0. The van der Waals surface area contributed by atoms with Crippen LogP contribution in [0.1, 0.15) is 5.56 Å². The number of para-hydroxylation sites is 2. The summed E-state index contributed by atoms with van der Waals surface area (Å²) >= 11 is 7.32. The fourth-order valence-electron chi connectivity index (χ4n) is 3.76. The standard InChI is InChI=1S/C27H22ClN3O4S/c1-34-20-12-10-19(11-13-20)31-26(33)24(15-17-6-5-7-18(28)14-17)36-27(31)21(16-29)25(32)30-22-8-3-4-9-23(22)35-2/h3-14,24H,15H2,1-2H3,(H,30,32)/b27-21-. The predicted octanol–water partition coefficient (Wildman–Crippen LogP) is 5.42. The zero-order valence-electron chi connectivity index (χ0n) is 19.5. The van der Waals surface area contributed by atoms with Crippen molar-refractivity contribution in [1.82, 2.24) is 0 Å². The summed E-state index contributed by atoms with van der Waals surface area (Å²) < 4.78 is 10.5. The number of nitriles is 1. The molecule has 0 aromatic heterocycles. The maximum absolute atomic E-state index is 13.6. The smallest absolute Gasteiger partial charge is 0.269 e. The van der Waals surface area contributed by atoms with Crippen molar-refractivity contribution >= 4 is 46.6 Å². The highest BCUT2D eigenvalue weighted by Crippen LogP contribution is 2.42. The van der Waals surface area contributed by atoms with Gasteiger partial charge < -0.3 is 14.8 Å². The summed E-state index contributed by atoms with van der Waals surface area (Å²) in [5.41, 5.74) is 1.64. The zero-order valence-corrected chi connectivity index (χ0v) is 21.1. The van der Waals surface area contributed by atoms with Crippen LogP contribution in [0.25, 0.3) is 0 Å². The Hall–Kier alpha value is -3.93. The number of carbonyl (C=O) groups is 2. The Bertz CT molecular complexity index is 1370. The maximum atomic E-state index is 13.6. The van der Waals surface area contributed by atoms with Crippen molar-refractivity contribution in [3.05, 3.63) is 94.0 Å². The molecule has 0 aliphatic carbocycles. The largest absolute Gasteiger partial charge is 0.497 e. The molecule has 1 fully saturated rings. The minimum absolute atomic E-state index is 0.177. The fraction of sp³-hybridized carbons (Fsp3) is 0.148. The minimum Gasteiger partial charge on any atom is -0.497 e. The number of anilines is 2. The molecule has 0 bridgehead atoms. The summed E-state index contributed by atoms with van der Waals surface area (Å²) in [4.78, 5) is 28.3. The van der Waals surface area contributed by atoms with Gasteiger partial charge in [0, 0.05) is 10.7 Å². The van der Waals surface area contributed by atoms with E-state index >= 15 is 0 Å². The molecule has 7 nitrogen and oxygen atoms in total. The number of nitrogens with one attached hydrogen (secondary N) is 1. The van der Waals surface area contributed by atoms with Crippen LogP contribution in [0, 0.1) is 11.3 Å². The molecule has 1 saturated heterocycles. The third-order valence-electron chi connectivity index (χ3n) is 5.50. The predicted molar refractivity (Wildman–Crippen MR) is 141 cm³/mol. The lowest BCUT2D eigenvalue weighted by Crippen LogP contribution is -2.30. The first-order chi connectivity index (χ1) is 17.4. The number of thioether (sulfide) groups is 1. The Morgan fingerprint density at radius 2 is 1.83 bits per heavy atom. The second kappa shape index (κ2) is 11.2. The summed E-state index contributed by atoms with van der Waals surface area (Å²) in [7, 11) is 3.04. The first-order valence-corrected chi connectivity index (χ1v) is 12.2. The highest BCUT2D eigenvalue weighted by Gasteiger charge is 2.41. The molecule has 182 valence electrons. The first-order valence-electron chi connectivity index (χ1n) is 10.9. The lowest BCUT2D eigenvalue weighted by molar-refractivity contribution is -0.117. The highest BCUT2D eigenvalue weighted by molar-refractivity contribution is 8.05. The Kier molecular flexibility index (Phi) is 7.84. The number of ether oxygens (including phenoxy) is 2. The van der Waals surface area contributed by atoms with E-state index in [1.807, 2.05) is 18.2 Å². The summed E-state index contributed by atoms with van der Waals surface area (Å²) in [6.07, 6.45) is 0.382. The lowest BCUT2D eigenvalue weighted by atomic mass is 10.1. The molecule has 3 aromatic carbocycles. The van der Waals surface area contributed by atoms with E-state index in [-0.39, 0.29) is 16.5 Å². The second-order valence-corrected chi connectivity index (χ2v) is 9.39.